The largest absolute Gasteiger partial charge is 0.398 e. The molecule has 4 nitrogen and oxygen atoms in total. The number of pyridine rings is 1. The van der Waals surface area contributed by atoms with E-state index in [0.717, 1.165) is 6.07 Å². The summed E-state index contributed by atoms with van der Waals surface area (Å²) in [5.41, 5.74) is 8.52. The lowest BCUT2D eigenvalue weighted by atomic mass is 10.1. The molecule has 1 rings (SSSR count). The molecule has 0 radical (unpaired) electrons. The highest BCUT2D eigenvalue weighted by Crippen LogP contribution is 2.29. The number of nitrogen functional groups attached to an aromatic ring is 1. The first-order chi connectivity index (χ1) is 6.43. The molecular weight excluding hydrogens is 216 g/mol. The Morgan fingerprint density at radius 1 is 1.57 bits per heavy atom. The number of aromatic nitrogens is 1. The molecular formula is C7H6ClF2N3O. The highest BCUT2D eigenvalue weighted by atomic mass is 35.5. The lowest BCUT2D eigenvalue weighted by Gasteiger charge is -2.08. The van der Waals surface area contributed by atoms with E-state index in [1.165, 1.54) is 0 Å². The number of carbonyl (C=O) groups is 1. The van der Waals surface area contributed by atoms with Crippen molar-refractivity contribution >= 4 is 23.2 Å². The first-order valence-electron chi connectivity index (χ1n) is 3.47. The quantitative estimate of drug-likeness (QED) is 0.740. The van der Waals surface area contributed by atoms with Crippen LogP contribution in [0.4, 0.5) is 14.5 Å². The van der Waals surface area contributed by atoms with Gasteiger partial charge < -0.3 is 11.5 Å². The van der Waals surface area contributed by atoms with Gasteiger partial charge in [0.15, 0.2) is 0 Å². The molecule has 7 heteroatoms. The fourth-order valence-electron chi connectivity index (χ4n) is 0.959. The second kappa shape index (κ2) is 3.75. The van der Waals surface area contributed by atoms with Crippen molar-refractivity contribution in [3.63, 3.8) is 0 Å². The third-order valence-corrected chi connectivity index (χ3v) is 1.70. The Hall–Kier alpha value is -1.43. The Morgan fingerprint density at radius 3 is 2.57 bits per heavy atom. The van der Waals surface area contributed by atoms with Gasteiger partial charge in [-0.05, 0) is 6.07 Å². The summed E-state index contributed by atoms with van der Waals surface area (Å²) in [7, 11) is 0. The van der Waals surface area contributed by atoms with Crippen LogP contribution in [-0.2, 0) is 0 Å². The molecule has 76 valence electrons. The third-order valence-electron chi connectivity index (χ3n) is 1.51. The molecule has 0 unspecified atom stereocenters. The maximum atomic E-state index is 12.4. The van der Waals surface area contributed by atoms with E-state index in [9.17, 15) is 13.6 Å². The van der Waals surface area contributed by atoms with Gasteiger partial charge in [0.05, 0.1) is 5.56 Å². The number of hydrogen-bond acceptors (Lipinski definition) is 3. The van der Waals surface area contributed by atoms with Gasteiger partial charge >= 0.3 is 0 Å². The minimum Gasteiger partial charge on any atom is -0.398 e. The van der Waals surface area contributed by atoms with E-state index in [0.29, 0.717) is 0 Å². The molecule has 0 bridgehead atoms. The summed E-state index contributed by atoms with van der Waals surface area (Å²) in [4.78, 5) is 14.1. The molecule has 1 heterocycles. The van der Waals surface area contributed by atoms with E-state index in [1.54, 1.807) is 0 Å². The van der Waals surface area contributed by atoms with Gasteiger partial charge in [-0.3, -0.25) is 4.79 Å². The molecule has 1 aromatic heterocycles. The molecule has 0 aliphatic rings. The SMILES string of the molecule is NC(=O)c1nc(Cl)cc(N)c1C(F)F. The van der Waals surface area contributed by atoms with Crippen LogP contribution in [0.2, 0.25) is 5.15 Å². The van der Waals surface area contributed by atoms with Crippen LogP contribution in [0.5, 0.6) is 0 Å². The summed E-state index contributed by atoms with van der Waals surface area (Å²) in [5.74, 6) is -1.09. The van der Waals surface area contributed by atoms with Gasteiger partial charge in [-0.15, -0.1) is 0 Å². The Balaban J connectivity index is 3.44. The van der Waals surface area contributed by atoms with Gasteiger partial charge in [0, 0.05) is 5.69 Å². The van der Waals surface area contributed by atoms with Crippen molar-refractivity contribution in [1.29, 1.82) is 0 Å². The second-order valence-electron chi connectivity index (χ2n) is 2.46. The maximum absolute atomic E-state index is 12.4. The van der Waals surface area contributed by atoms with Crippen LogP contribution in [0.1, 0.15) is 22.5 Å². The zero-order chi connectivity index (χ0) is 10.9. The molecule has 0 saturated heterocycles. The number of amides is 1. The number of nitrogens with zero attached hydrogens (tertiary/aromatic N) is 1. The highest BCUT2D eigenvalue weighted by Gasteiger charge is 2.22. The summed E-state index contributed by atoms with van der Waals surface area (Å²) in [6.45, 7) is 0. The number of carbonyl (C=O) groups excluding carboxylic acids is 1. The molecule has 0 aromatic carbocycles. The molecule has 0 aliphatic heterocycles. The van der Waals surface area contributed by atoms with Crippen molar-refractivity contribution in [2.24, 2.45) is 5.73 Å². The zero-order valence-electron chi connectivity index (χ0n) is 6.80. The number of primary amides is 1. The molecule has 4 N–H and O–H groups in total. The average Bonchev–Trinajstić information content (AvgIpc) is 2.01. The van der Waals surface area contributed by atoms with Crippen molar-refractivity contribution in [1.82, 2.24) is 4.98 Å². The lowest BCUT2D eigenvalue weighted by molar-refractivity contribution is 0.0980. The fraction of sp³-hybridized carbons (Fsp3) is 0.143. The van der Waals surface area contributed by atoms with Crippen molar-refractivity contribution < 1.29 is 13.6 Å². The van der Waals surface area contributed by atoms with Crippen LogP contribution in [-0.4, -0.2) is 10.9 Å². The van der Waals surface area contributed by atoms with E-state index in [-0.39, 0.29) is 10.8 Å². The van der Waals surface area contributed by atoms with Crippen LogP contribution < -0.4 is 11.5 Å². The Bertz CT molecular complexity index is 383. The molecule has 1 amide bonds. The van der Waals surface area contributed by atoms with Crippen molar-refractivity contribution in [3.05, 3.63) is 22.5 Å². The normalized spacial score (nSPS) is 10.6. The monoisotopic (exact) mass is 221 g/mol. The molecule has 0 fully saturated rings. The summed E-state index contributed by atoms with van der Waals surface area (Å²) >= 11 is 5.43. The van der Waals surface area contributed by atoms with Gasteiger partial charge in [0.25, 0.3) is 12.3 Å². The number of halogens is 3. The Kier molecular flexibility index (Phi) is 2.85. The van der Waals surface area contributed by atoms with E-state index in [1.807, 2.05) is 0 Å². The first-order valence-corrected chi connectivity index (χ1v) is 3.85. The van der Waals surface area contributed by atoms with Crippen LogP contribution in [0, 0.1) is 0 Å². The molecule has 14 heavy (non-hydrogen) atoms. The van der Waals surface area contributed by atoms with Crippen molar-refractivity contribution in [2.45, 2.75) is 6.43 Å². The van der Waals surface area contributed by atoms with Crippen LogP contribution in [0.15, 0.2) is 6.07 Å². The minimum absolute atomic E-state index is 0.152. The molecule has 0 saturated carbocycles. The molecule has 0 spiro atoms. The molecule has 0 atom stereocenters. The van der Waals surface area contributed by atoms with Gasteiger partial charge in [-0.2, -0.15) is 0 Å². The predicted molar refractivity (Wildman–Crippen MR) is 47.1 cm³/mol. The highest BCUT2D eigenvalue weighted by molar-refractivity contribution is 6.29. The third kappa shape index (κ3) is 1.90. The van der Waals surface area contributed by atoms with Crippen molar-refractivity contribution in [2.75, 3.05) is 5.73 Å². The Labute approximate surface area is 82.9 Å². The van der Waals surface area contributed by atoms with E-state index in [4.69, 9.17) is 23.1 Å². The molecule has 1 aromatic rings. The maximum Gasteiger partial charge on any atom is 0.268 e. The predicted octanol–water partition coefficient (Wildman–Crippen LogP) is 1.35. The summed E-state index contributed by atoms with van der Waals surface area (Å²) in [6.07, 6.45) is -2.91. The van der Waals surface area contributed by atoms with Gasteiger partial charge in [-0.1, -0.05) is 11.6 Å². The average molecular weight is 222 g/mol. The van der Waals surface area contributed by atoms with Gasteiger partial charge in [0.2, 0.25) is 0 Å². The van der Waals surface area contributed by atoms with Crippen LogP contribution >= 0.6 is 11.6 Å². The topological polar surface area (TPSA) is 82.0 Å². The smallest absolute Gasteiger partial charge is 0.268 e. The second-order valence-corrected chi connectivity index (χ2v) is 2.85. The number of anilines is 1. The van der Waals surface area contributed by atoms with E-state index in [2.05, 4.69) is 4.98 Å². The molecule has 0 aliphatic carbocycles. The van der Waals surface area contributed by atoms with E-state index >= 15 is 0 Å². The zero-order valence-corrected chi connectivity index (χ0v) is 7.55. The van der Waals surface area contributed by atoms with Gasteiger partial charge in [0.1, 0.15) is 10.8 Å². The van der Waals surface area contributed by atoms with Crippen molar-refractivity contribution in [3.8, 4) is 0 Å². The standard InChI is InChI=1S/C7H6ClF2N3O/c8-3-1-2(11)4(6(9)10)5(13-3)7(12)14/h1,6H,(H2,11,13)(H2,12,14). The summed E-state index contributed by atoms with van der Waals surface area (Å²) < 4.78 is 24.8. The number of hydrogen-bond donors (Lipinski definition) is 2. The first kappa shape index (κ1) is 10.6. The number of alkyl halides is 2. The fourth-order valence-corrected chi connectivity index (χ4v) is 1.16. The number of rotatable bonds is 2. The van der Waals surface area contributed by atoms with Crippen LogP contribution in [0.3, 0.4) is 0 Å². The minimum atomic E-state index is -2.91. The summed E-state index contributed by atoms with van der Waals surface area (Å²) in [5, 5.41) is -0.152. The van der Waals surface area contributed by atoms with E-state index < -0.39 is 23.6 Å². The van der Waals surface area contributed by atoms with Crippen LogP contribution in [0.25, 0.3) is 0 Å². The van der Waals surface area contributed by atoms with Gasteiger partial charge in [-0.25, -0.2) is 13.8 Å². The number of nitrogens with two attached hydrogens (primary N) is 2. The summed E-state index contributed by atoms with van der Waals surface area (Å²) in [6, 6.07) is 1.04. The lowest BCUT2D eigenvalue weighted by Crippen LogP contribution is -2.17. The Morgan fingerprint density at radius 2 is 2.14 bits per heavy atom.